The fourth-order valence-corrected chi connectivity index (χ4v) is 2.00. The summed E-state index contributed by atoms with van der Waals surface area (Å²) in [4.78, 5) is 46.3. The highest BCUT2D eigenvalue weighted by Gasteiger charge is 2.28. The van der Waals surface area contributed by atoms with E-state index >= 15 is 0 Å². The molecule has 0 fully saturated rings. The Morgan fingerprint density at radius 3 is 2.12 bits per heavy atom. The second-order valence-electron chi connectivity index (χ2n) is 5.40. The first-order valence-corrected chi connectivity index (χ1v) is 8.27. The van der Waals surface area contributed by atoms with Crippen molar-refractivity contribution in [1.29, 1.82) is 5.41 Å². The number of nitrogens with two attached hydrogens (primary N) is 3. The van der Waals surface area contributed by atoms with Crippen molar-refractivity contribution in [2.24, 2.45) is 17.2 Å². The normalized spacial score (nSPS) is 13.8. The highest BCUT2D eigenvalue weighted by atomic mass is 32.1. The van der Waals surface area contributed by atoms with E-state index in [9.17, 15) is 19.2 Å². The van der Waals surface area contributed by atoms with E-state index in [1.54, 1.807) is 0 Å². The number of hydrogen-bond acceptors (Lipinski definition) is 7. The third-order valence-electron chi connectivity index (χ3n) is 3.17. The van der Waals surface area contributed by atoms with Gasteiger partial charge in [0.25, 0.3) is 0 Å². The Kier molecular flexibility index (Phi) is 10.8. The molecule has 0 saturated heterocycles. The molecule has 0 saturated carbocycles. The highest BCUT2D eigenvalue weighted by Crippen LogP contribution is 2.01. The minimum atomic E-state index is -1.52. The molecule has 0 rings (SSSR count). The van der Waals surface area contributed by atoms with E-state index in [1.807, 2.05) is 0 Å². The van der Waals surface area contributed by atoms with Crippen molar-refractivity contribution in [2.75, 3.05) is 12.3 Å². The summed E-state index contributed by atoms with van der Waals surface area (Å²) in [7, 11) is 0. The zero-order chi connectivity index (χ0) is 20.3. The lowest BCUT2D eigenvalue weighted by atomic mass is 10.1. The first kappa shape index (κ1) is 23.5. The molecule has 0 aromatic rings. The van der Waals surface area contributed by atoms with Gasteiger partial charge in [-0.15, -0.1) is 0 Å². The van der Waals surface area contributed by atoms with Gasteiger partial charge < -0.3 is 38.3 Å². The number of guanidine groups is 1. The second kappa shape index (κ2) is 11.9. The standard InChI is InChI=1S/C13H25N7O5S/c14-6(5-26)10(22)19-7(2-1-3-18-13(16)17)11(23)20-8(12(24)25)4-9(15)21/h6-8,26H,1-5,14H2,(H2,15,21)(H,19,22)(H,20,23)(H,24,25)(H4,16,17,18)/t6-,7-,8-/m0/s1. The number of hydrogen-bond donors (Lipinski definition) is 9. The van der Waals surface area contributed by atoms with Gasteiger partial charge in [-0.1, -0.05) is 0 Å². The molecule has 0 unspecified atom stereocenters. The van der Waals surface area contributed by atoms with Crippen molar-refractivity contribution in [3.8, 4) is 0 Å². The summed E-state index contributed by atoms with van der Waals surface area (Å²) in [6, 6.07) is -3.57. The fraction of sp³-hybridized carbons (Fsp3) is 0.615. The number of aliphatic carboxylic acids is 1. The third kappa shape index (κ3) is 9.68. The van der Waals surface area contributed by atoms with Crippen LogP contribution >= 0.6 is 12.6 Å². The Bertz CT molecular complexity index is 545. The average Bonchev–Trinajstić information content (AvgIpc) is 2.54. The number of thiol groups is 1. The van der Waals surface area contributed by atoms with Gasteiger partial charge in [-0.2, -0.15) is 12.6 Å². The molecule has 12 nitrogen and oxygen atoms in total. The number of carbonyl (C=O) groups excluding carboxylic acids is 3. The predicted octanol–water partition coefficient (Wildman–Crippen LogP) is -3.56. The smallest absolute Gasteiger partial charge is 0.326 e. The van der Waals surface area contributed by atoms with Gasteiger partial charge in [-0.3, -0.25) is 19.8 Å². The summed E-state index contributed by atoms with van der Waals surface area (Å²) in [5.74, 6) is -3.98. The summed E-state index contributed by atoms with van der Waals surface area (Å²) >= 11 is 3.89. The minimum absolute atomic E-state index is 0.0471. The molecular formula is C13H25N7O5S. The van der Waals surface area contributed by atoms with E-state index < -0.39 is 48.2 Å². The summed E-state index contributed by atoms with van der Waals surface area (Å²) in [5, 5.41) is 23.2. The second-order valence-corrected chi connectivity index (χ2v) is 5.77. The molecule has 26 heavy (non-hydrogen) atoms. The number of carbonyl (C=O) groups is 4. The maximum Gasteiger partial charge on any atom is 0.326 e. The quantitative estimate of drug-likeness (QED) is 0.0698. The molecule has 0 aromatic carbocycles. The summed E-state index contributed by atoms with van der Waals surface area (Å²) in [6.45, 7) is 0.261. The lowest BCUT2D eigenvalue weighted by Gasteiger charge is -2.22. The van der Waals surface area contributed by atoms with Crippen molar-refractivity contribution in [3.63, 3.8) is 0 Å². The zero-order valence-corrected chi connectivity index (χ0v) is 14.9. The van der Waals surface area contributed by atoms with Crippen LogP contribution in [0.2, 0.25) is 0 Å². The molecule has 0 heterocycles. The Hall–Kier alpha value is -2.54. The highest BCUT2D eigenvalue weighted by molar-refractivity contribution is 7.80. The number of primary amides is 1. The average molecular weight is 391 g/mol. The molecule has 0 aliphatic heterocycles. The predicted molar refractivity (Wildman–Crippen MR) is 96.3 cm³/mol. The Labute approximate surface area is 155 Å². The van der Waals surface area contributed by atoms with E-state index in [1.165, 1.54) is 0 Å². The molecule has 0 radical (unpaired) electrons. The van der Waals surface area contributed by atoms with Crippen molar-refractivity contribution in [2.45, 2.75) is 37.4 Å². The number of carboxylic acids is 1. The zero-order valence-electron chi connectivity index (χ0n) is 14.0. The van der Waals surface area contributed by atoms with Crippen LogP contribution in [0.5, 0.6) is 0 Å². The molecule has 11 N–H and O–H groups in total. The third-order valence-corrected chi connectivity index (χ3v) is 3.56. The van der Waals surface area contributed by atoms with Crippen molar-refractivity contribution in [3.05, 3.63) is 0 Å². The SMILES string of the molecule is N=C(N)NCCC[C@H](NC(=O)[C@@H](N)CS)C(=O)N[C@@H](CC(N)=O)C(=O)O. The number of nitrogens with one attached hydrogen (secondary N) is 4. The molecular weight excluding hydrogens is 366 g/mol. The van der Waals surface area contributed by atoms with Gasteiger partial charge in [0.1, 0.15) is 12.1 Å². The molecule has 0 bridgehead atoms. The fourth-order valence-electron chi connectivity index (χ4n) is 1.83. The van der Waals surface area contributed by atoms with E-state index in [0.717, 1.165) is 0 Å². The van der Waals surface area contributed by atoms with Crippen LogP contribution in [0.1, 0.15) is 19.3 Å². The van der Waals surface area contributed by atoms with Crippen molar-refractivity contribution in [1.82, 2.24) is 16.0 Å². The summed E-state index contributed by atoms with van der Waals surface area (Å²) in [5.41, 5.74) is 15.6. The number of amides is 3. The first-order chi connectivity index (χ1) is 12.1. The van der Waals surface area contributed by atoms with Gasteiger partial charge in [0.05, 0.1) is 12.5 Å². The van der Waals surface area contributed by atoms with Crippen LogP contribution in [-0.4, -0.2) is 65.2 Å². The summed E-state index contributed by atoms with van der Waals surface area (Å²) in [6.07, 6.45) is -0.147. The van der Waals surface area contributed by atoms with E-state index in [4.69, 9.17) is 27.7 Å². The maximum atomic E-state index is 12.3. The van der Waals surface area contributed by atoms with Gasteiger partial charge in [0.15, 0.2) is 5.96 Å². The molecule has 0 spiro atoms. The monoisotopic (exact) mass is 391 g/mol. The topological polar surface area (TPSA) is 227 Å². The van der Waals surface area contributed by atoms with Crippen LogP contribution in [0.4, 0.5) is 0 Å². The van der Waals surface area contributed by atoms with Gasteiger partial charge in [-0.05, 0) is 12.8 Å². The van der Waals surface area contributed by atoms with Crippen molar-refractivity contribution < 1.29 is 24.3 Å². The molecule has 0 aliphatic carbocycles. The maximum absolute atomic E-state index is 12.3. The van der Waals surface area contributed by atoms with Crippen LogP contribution in [-0.2, 0) is 19.2 Å². The van der Waals surface area contributed by atoms with Crippen LogP contribution < -0.4 is 33.2 Å². The van der Waals surface area contributed by atoms with E-state index in [2.05, 4.69) is 28.6 Å². The van der Waals surface area contributed by atoms with Crippen LogP contribution in [0.25, 0.3) is 0 Å². The van der Waals surface area contributed by atoms with Gasteiger partial charge in [0, 0.05) is 12.3 Å². The van der Waals surface area contributed by atoms with Gasteiger partial charge >= 0.3 is 5.97 Å². The molecule has 13 heteroatoms. The lowest BCUT2D eigenvalue weighted by molar-refractivity contribution is -0.143. The van der Waals surface area contributed by atoms with Crippen LogP contribution in [0, 0.1) is 5.41 Å². The largest absolute Gasteiger partial charge is 0.480 e. The summed E-state index contributed by atoms with van der Waals surface area (Å²) < 4.78 is 0. The molecule has 3 atom stereocenters. The van der Waals surface area contributed by atoms with E-state index in [0.29, 0.717) is 6.42 Å². The molecule has 3 amide bonds. The number of rotatable bonds is 12. The van der Waals surface area contributed by atoms with Crippen molar-refractivity contribution >= 4 is 42.3 Å². The van der Waals surface area contributed by atoms with Crippen LogP contribution in [0.3, 0.4) is 0 Å². The molecule has 0 aliphatic rings. The molecule has 148 valence electrons. The van der Waals surface area contributed by atoms with Crippen LogP contribution in [0.15, 0.2) is 0 Å². The lowest BCUT2D eigenvalue weighted by Crippen LogP contribution is -2.55. The Morgan fingerprint density at radius 1 is 1.08 bits per heavy atom. The van der Waals surface area contributed by atoms with E-state index in [-0.39, 0.29) is 24.7 Å². The molecule has 0 aromatic heterocycles. The number of carboxylic acid groups (broad SMARTS) is 1. The Morgan fingerprint density at radius 2 is 1.65 bits per heavy atom. The first-order valence-electron chi connectivity index (χ1n) is 7.64. The minimum Gasteiger partial charge on any atom is -0.480 e. The van der Waals surface area contributed by atoms with Gasteiger partial charge in [0.2, 0.25) is 17.7 Å². The Balaban J connectivity index is 4.99. The van der Waals surface area contributed by atoms with Gasteiger partial charge in [-0.25, -0.2) is 4.79 Å².